The van der Waals surface area contributed by atoms with Crippen molar-refractivity contribution in [3.05, 3.63) is 35.5 Å². The lowest BCUT2D eigenvalue weighted by atomic mass is 9.77. The number of carbonyl (C=O) groups excluding carboxylic acids is 1. The Kier molecular flexibility index (Phi) is 4.95. The number of rotatable bonds is 5. The second-order valence-corrected chi connectivity index (χ2v) is 7.08. The molecule has 0 unspecified atom stereocenters. The van der Waals surface area contributed by atoms with Gasteiger partial charge >= 0.3 is 0 Å². The van der Waals surface area contributed by atoms with Gasteiger partial charge in [-0.25, -0.2) is 0 Å². The molecule has 1 amide bonds. The van der Waals surface area contributed by atoms with Gasteiger partial charge < -0.3 is 15.0 Å². The van der Waals surface area contributed by atoms with E-state index in [2.05, 4.69) is 37.0 Å². The fraction of sp³-hybridized carbons (Fsp3) is 0.550. The highest BCUT2D eigenvalue weighted by Crippen LogP contribution is 2.34. The van der Waals surface area contributed by atoms with Crippen LogP contribution in [0.5, 0.6) is 0 Å². The molecule has 4 heteroatoms. The van der Waals surface area contributed by atoms with E-state index in [4.69, 9.17) is 0 Å². The molecule has 24 heavy (non-hydrogen) atoms. The minimum atomic E-state index is 0.0214. The number of aliphatic hydroxyl groups excluding tert-OH is 1. The van der Waals surface area contributed by atoms with Crippen LogP contribution in [0.15, 0.2) is 24.4 Å². The quantitative estimate of drug-likeness (QED) is 0.885. The highest BCUT2D eigenvalue weighted by Gasteiger charge is 2.33. The van der Waals surface area contributed by atoms with Crippen LogP contribution in [-0.4, -0.2) is 40.6 Å². The number of likely N-dealkylation sites (tertiary alicyclic amines) is 1. The molecular formula is C20H28N2O2. The van der Waals surface area contributed by atoms with Gasteiger partial charge in [0, 0.05) is 36.8 Å². The highest BCUT2D eigenvalue weighted by atomic mass is 16.3. The lowest BCUT2D eigenvalue weighted by molar-refractivity contribution is -0.133. The van der Waals surface area contributed by atoms with Gasteiger partial charge in [0.15, 0.2) is 0 Å². The number of fused-ring (bicyclic) bond motifs is 1. The number of H-pyrrole nitrogens is 1. The van der Waals surface area contributed by atoms with Crippen molar-refractivity contribution in [3.63, 3.8) is 0 Å². The lowest BCUT2D eigenvalue weighted by Crippen LogP contribution is -2.44. The molecule has 3 rings (SSSR count). The minimum Gasteiger partial charge on any atom is -0.396 e. The number of benzene rings is 1. The molecule has 2 aromatic rings. The molecule has 2 N–H and O–H groups in total. The number of aromatic nitrogens is 1. The summed E-state index contributed by atoms with van der Waals surface area (Å²) in [7, 11) is 0. The van der Waals surface area contributed by atoms with Crippen LogP contribution in [0.2, 0.25) is 0 Å². The Bertz CT molecular complexity index is 705. The van der Waals surface area contributed by atoms with Crippen LogP contribution < -0.4 is 0 Å². The summed E-state index contributed by atoms with van der Waals surface area (Å²) in [5.74, 6) is 0.195. The maximum absolute atomic E-state index is 12.7. The van der Waals surface area contributed by atoms with Crippen LogP contribution in [0.4, 0.5) is 0 Å². The zero-order valence-electron chi connectivity index (χ0n) is 14.8. The molecule has 4 nitrogen and oxygen atoms in total. The number of nitrogens with one attached hydrogen (secondary N) is 1. The third-order valence-electron chi connectivity index (χ3n) is 5.87. The smallest absolute Gasteiger partial charge is 0.227 e. The molecule has 1 aliphatic rings. The Balaban J connectivity index is 1.70. The predicted molar refractivity (Wildman–Crippen MR) is 97.0 cm³/mol. The molecule has 0 spiro atoms. The summed E-state index contributed by atoms with van der Waals surface area (Å²) in [5, 5.41) is 10.8. The molecule has 0 atom stereocenters. The number of amides is 1. The van der Waals surface area contributed by atoms with Crippen molar-refractivity contribution in [2.24, 2.45) is 5.41 Å². The van der Waals surface area contributed by atoms with Crippen molar-refractivity contribution < 1.29 is 9.90 Å². The van der Waals surface area contributed by atoms with E-state index in [1.807, 2.05) is 11.1 Å². The van der Waals surface area contributed by atoms with Gasteiger partial charge in [0.25, 0.3) is 0 Å². The number of hydrogen-bond donors (Lipinski definition) is 2. The fourth-order valence-electron chi connectivity index (χ4n) is 3.84. The Morgan fingerprint density at radius 2 is 2.00 bits per heavy atom. The average molecular weight is 328 g/mol. The third-order valence-corrected chi connectivity index (χ3v) is 5.87. The molecule has 0 saturated carbocycles. The first-order valence-electron chi connectivity index (χ1n) is 9.09. The van der Waals surface area contributed by atoms with Crippen LogP contribution in [-0.2, 0) is 17.6 Å². The van der Waals surface area contributed by atoms with Crippen molar-refractivity contribution in [1.82, 2.24) is 9.88 Å². The number of nitrogens with zero attached hydrogens (tertiary/aromatic N) is 1. The third kappa shape index (κ3) is 3.07. The Labute approximate surface area is 143 Å². The Morgan fingerprint density at radius 3 is 2.62 bits per heavy atom. The molecule has 1 aliphatic heterocycles. The number of piperidine rings is 1. The van der Waals surface area contributed by atoms with Gasteiger partial charge in [0.2, 0.25) is 5.91 Å². The number of aromatic amines is 1. The summed E-state index contributed by atoms with van der Waals surface area (Å²) in [6.07, 6.45) is 6.20. The number of carbonyl (C=O) groups is 1. The second kappa shape index (κ2) is 6.98. The van der Waals surface area contributed by atoms with E-state index in [0.717, 1.165) is 55.2 Å². The van der Waals surface area contributed by atoms with E-state index in [1.54, 1.807) is 0 Å². The summed E-state index contributed by atoms with van der Waals surface area (Å²) >= 11 is 0. The zero-order valence-corrected chi connectivity index (χ0v) is 14.8. The largest absolute Gasteiger partial charge is 0.396 e. The highest BCUT2D eigenvalue weighted by molar-refractivity contribution is 5.90. The van der Waals surface area contributed by atoms with Crippen molar-refractivity contribution in [1.29, 1.82) is 0 Å². The topological polar surface area (TPSA) is 56.3 Å². The number of aliphatic hydroxyl groups is 1. The minimum absolute atomic E-state index is 0.0214. The summed E-state index contributed by atoms with van der Waals surface area (Å²) in [6.45, 7) is 6.03. The van der Waals surface area contributed by atoms with Gasteiger partial charge in [-0.15, -0.1) is 0 Å². The van der Waals surface area contributed by atoms with Gasteiger partial charge in [-0.05, 0) is 42.2 Å². The SMILES string of the molecule is CCc1cccc2c(CC(=O)N3CCC(CC)(CO)CC3)c[nH]c12. The summed E-state index contributed by atoms with van der Waals surface area (Å²) in [5.41, 5.74) is 3.56. The van der Waals surface area contributed by atoms with Crippen LogP contribution in [0.3, 0.4) is 0 Å². The maximum Gasteiger partial charge on any atom is 0.227 e. The molecule has 0 aliphatic carbocycles. The van der Waals surface area contributed by atoms with Crippen LogP contribution in [0.25, 0.3) is 10.9 Å². The maximum atomic E-state index is 12.7. The number of hydrogen-bond acceptors (Lipinski definition) is 2. The molecule has 1 aromatic heterocycles. The fourth-order valence-corrected chi connectivity index (χ4v) is 3.84. The normalized spacial score (nSPS) is 17.4. The van der Waals surface area contributed by atoms with E-state index in [9.17, 15) is 9.90 Å². The van der Waals surface area contributed by atoms with E-state index in [1.165, 1.54) is 5.56 Å². The average Bonchev–Trinajstić information content (AvgIpc) is 3.04. The molecule has 0 bridgehead atoms. The van der Waals surface area contributed by atoms with Crippen molar-refractivity contribution >= 4 is 16.8 Å². The summed E-state index contributed by atoms with van der Waals surface area (Å²) in [6, 6.07) is 6.30. The first-order valence-corrected chi connectivity index (χ1v) is 9.09. The van der Waals surface area contributed by atoms with Crippen molar-refractivity contribution in [2.75, 3.05) is 19.7 Å². The number of aryl methyl sites for hydroxylation is 1. The molecule has 1 fully saturated rings. The van der Waals surface area contributed by atoms with E-state index >= 15 is 0 Å². The summed E-state index contributed by atoms with van der Waals surface area (Å²) in [4.78, 5) is 18.0. The molecule has 1 saturated heterocycles. The van der Waals surface area contributed by atoms with Gasteiger partial charge in [-0.1, -0.05) is 32.0 Å². The van der Waals surface area contributed by atoms with Gasteiger partial charge in [-0.2, -0.15) is 0 Å². The Hall–Kier alpha value is -1.81. The van der Waals surface area contributed by atoms with E-state index < -0.39 is 0 Å². The van der Waals surface area contributed by atoms with Gasteiger partial charge in [0.05, 0.1) is 6.42 Å². The Morgan fingerprint density at radius 1 is 1.25 bits per heavy atom. The monoisotopic (exact) mass is 328 g/mol. The lowest BCUT2D eigenvalue weighted by Gasteiger charge is -2.40. The van der Waals surface area contributed by atoms with Crippen LogP contribution in [0, 0.1) is 5.41 Å². The second-order valence-electron chi connectivity index (χ2n) is 7.08. The van der Waals surface area contributed by atoms with Gasteiger partial charge in [-0.3, -0.25) is 4.79 Å². The number of para-hydroxylation sites is 1. The molecule has 130 valence electrons. The van der Waals surface area contributed by atoms with Crippen LogP contribution >= 0.6 is 0 Å². The molecule has 2 heterocycles. The first kappa shape index (κ1) is 17.0. The standard InChI is InChI=1S/C20H28N2O2/c1-3-15-6-5-7-17-16(13-21-19(15)17)12-18(24)22-10-8-20(4-2,14-23)9-11-22/h5-7,13,21,23H,3-4,8-12,14H2,1-2H3. The van der Waals surface area contributed by atoms with E-state index in [0.29, 0.717) is 6.42 Å². The predicted octanol–water partition coefficient (Wildman–Crippen LogP) is 3.28. The van der Waals surface area contributed by atoms with E-state index in [-0.39, 0.29) is 17.9 Å². The van der Waals surface area contributed by atoms with Gasteiger partial charge in [0.1, 0.15) is 0 Å². The molecule has 0 radical (unpaired) electrons. The summed E-state index contributed by atoms with van der Waals surface area (Å²) < 4.78 is 0. The van der Waals surface area contributed by atoms with Crippen molar-refractivity contribution in [2.45, 2.75) is 46.0 Å². The zero-order chi connectivity index (χ0) is 17.2. The first-order chi connectivity index (χ1) is 11.6. The molecular weight excluding hydrogens is 300 g/mol. The van der Waals surface area contributed by atoms with Crippen molar-refractivity contribution in [3.8, 4) is 0 Å². The van der Waals surface area contributed by atoms with Crippen LogP contribution in [0.1, 0.15) is 44.2 Å². The molecule has 1 aromatic carbocycles.